The fourth-order valence-corrected chi connectivity index (χ4v) is 2.89. The molecule has 0 aliphatic carbocycles. The second-order valence-corrected chi connectivity index (χ2v) is 5.66. The Bertz CT molecular complexity index is 671. The first kappa shape index (κ1) is 15.1. The molecule has 0 bridgehead atoms. The topological polar surface area (TPSA) is 55.1 Å². The Morgan fingerprint density at radius 2 is 1.80 bits per heavy atom. The number of rotatable bonds is 2. The van der Waals surface area contributed by atoms with Crippen molar-refractivity contribution in [3.05, 3.63) is 56.2 Å². The summed E-state index contributed by atoms with van der Waals surface area (Å²) in [5.41, 5.74) is 6.04. The first-order valence-electron chi connectivity index (χ1n) is 5.39. The molecule has 2 rings (SSSR count). The van der Waals surface area contributed by atoms with Crippen molar-refractivity contribution in [1.82, 2.24) is 0 Å². The van der Waals surface area contributed by atoms with Gasteiger partial charge in [0.15, 0.2) is 0 Å². The highest BCUT2D eigenvalue weighted by molar-refractivity contribution is 9.10. The van der Waals surface area contributed by atoms with E-state index in [2.05, 4.69) is 21.2 Å². The molecule has 1 amide bonds. The number of halogens is 4. The third kappa shape index (κ3) is 3.23. The summed E-state index contributed by atoms with van der Waals surface area (Å²) in [5.74, 6) is -1.03. The van der Waals surface area contributed by atoms with Crippen molar-refractivity contribution in [2.24, 2.45) is 0 Å². The Labute approximate surface area is 133 Å². The first-order chi connectivity index (χ1) is 9.38. The molecule has 104 valence electrons. The lowest BCUT2D eigenvalue weighted by molar-refractivity contribution is 0.102. The van der Waals surface area contributed by atoms with Crippen LogP contribution in [0.1, 0.15) is 10.4 Å². The molecule has 2 aromatic carbocycles. The summed E-state index contributed by atoms with van der Waals surface area (Å²) < 4.78 is 13.6. The van der Waals surface area contributed by atoms with E-state index in [4.69, 9.17) is 28.9 Å². The molecule has 20 heavy (non-hydrogen) atoms. The van der Waals surface area contributed by atoms with Crippen LogP contribution in [0.5, 0.6) is 0 Å². The second-order valence-electron chi connectivity index (χ2n) is 3.93. The monoisotopic (exact) mass is 376 g/mol. The van der Waals surface area contributed by atoms with Crippen molar-refractivity contribution >= 4 is 56.4 Å². The van der Waals surface area contributed by atoms with Crippen molar-refractivity contribution < 1.29 is 9.18 Å². The predicted octanol–water partition coefficient (Wildman–Crippen LogP) is 4.73. The van der Waals surface area contributed by atoms with E-state index < -0.39 is 11.7 Å². The lowest BCUT2D eigenvalue weighted by atomic mass is 10.1. The summed E-state index contributed by atoms with van der Waals surface area (Å²) in [6, 6.07) is 6.70. The van der Waals surface area contributed by atoms with Gasteiger partial charge in [-0.25, -0.2) is 4.39 Å². The van der Waals surface area contributed by atoms with Gasteiger partial charge in [0.25, 0.3) is 5.91 Å². The fraction of sp³-hybridized carbons (Fsp3) is 0. The molecule has 0 aliphatic rings. The van der Waals surface area contributed by atoms with Gasteiger partial charge in [-0.2, -0.15) is 0 Å². The Morgan fingerprint density at radius 3 is 2.35 bits per heavy atom. The number of nitrogens with two attached hydrogens (primary N) is 1. The molecule has 3 nitrogen and oxygen atoms in total. The quantitative estimate of drug-likeness (QED) is 0.743. The highest BCUT2D eigenvalue weighted by Crippen LogP contribution is 2.34. The molecular weight excluding hydrogens is 370 g/mol. The zero-order valence-corrected chi connectivity index (χ0v) is 13.0. The standard InChI is InChI=1S/C13H8BrCl2FN2O/c14-6-3-9(15)12(10(16)4-6)19-13(20)8-2-1-7(17)5-11(8)18/h1-5H,18H2,(H,19,20). The molecule has 0 aliphatic heterocycles. The summed E-state index contributed by atoms with van der Waals surface area (Å²) in [6.45, 7) is 0. The molecule has 0 spiro atoms. The molecule has 0 fully saturated rings. The van der Waals surface area contributed by atoms with Crippen LogP contribution in [0.15, 0.2) is 34.8 Å². The van der Waals surface area contributed by atoms with Crippen LogP contribution in [-0.4, -0.2) is 5.91 Å². The molecule has 0 saturated heterocycles. The Balaban J connectivity index is 2.33. The summed E-state index contributed by atoms with van der Waals surface area (Å²) >= 11 is 15.3. The van der Waals surface area contributed by atoms with E-state index in [1.54, 1.807) is 12.1 Å². The average molecular weight is 378 g/mol. The van der Waals surface area contributed by atoms with E-state index in [0.717, 1.165) is 12.1 Å². The highest BCUT2D eigenvalue weighted by atomic mass is 79.9. The summed E-state index contributed by atoms with van der Waals surface area (Å²) in [5, 5.41) is 3.11. The maximum atomic E-state index is 13.0. The fourth-order valence-electron chi connectivity index (χ4n) is 1.58. The Kier molecular flexibility index (Phi) is 4.52. The van der Waals surface area contributed by atoms with Gasteiger partial charge in [0.1, 0.15) is 5.82 Å². The van der Waals surface area contributed by atoms with Crippen LogP contribution < -0.4 is 11.1 Å². The van der Waals surface area contributed by atoms with Gasteiger partial charge in [-0.05, 0) is 30.3 Å². The van der Waals surface area contributed by atoms with Crippen LogP contribution in [0.2, 0.25) is 10.0 Å². The van der Waals surface area contributed by atoms with E-state index in [9.17, 15) is 9.18 Å². The largest absolute Gasteiger partial charge is 0.398 e. The minimum atomic E-state index is -0.520. The zero-order valence-electron chi connectivity index (χ0n) is 9.88. The number of carbonyl (C=O) groups is 1. The van der Waals surface area contributed by atoms with Crippen molar-refractivity contribution in [3.8, 4) is 0 Å². The van der Waals surface area contributed by atoms with Gasteiger partial charge < -0.3 is 11.1 Å². The van der Waals surface area contributed by atoms with Crippen molar-refractivity contribution in [3.63, 3.8) is 0 Å². The van der Waals surface area contributed by atoms with Gasteiger partial charge in [0.05, 0.1) is 21.3 Å². The summed E-state index contributed by atoms with van der Waals surface area (Å²) in [4.78, 5) is 12.1. The Morgan fingerprint density at radius 1 is 1.20 bits per heavy atom. The van der Waals surface area contributed by atoms with Gasteiger partial charge in [0.2, 0.25) is 0 Å². The SMILES string of the molecule is Nc1cc(F)ccc1C(=O)Nc1c(Cl)cc(Br)cc1Cl. The molecular formula is C13H8BrCl2FN2O. The van der Waals surface area contributed by atoms with Gasteiger partial charge >= 0.3 is 0 Å². The molecule has 0 radical (unpaired) electrons. The smallest absolute Gasteiger partial charge is 0.257 e. The van der Waals surface area contributed by atoms with E-state index in [0.29, 0.717) is 4.47 Å². The number of carbonyl (C=O) groups excluding carboxylic acids is 1. The number of benzene rings is 2. The maximum Gasteiger partial charge on any atom is 0.257 e. The number of hydrogen-bond acceptors (Lipinski definition) is 2. The zero-order chi connectivity index (χ0) is 14.9. The van der Waals surface area contributed by atoms with E-state index in [1.165, 1.54) is 6.07 Å². The normalized spacial score (nSPS) is 10.4. The average Bonchev–Trinajstić information content (AvgIpc) is 2.33. The van der Waals surface area contributed by atoms with Crippen LogP contribution in [-0.2, 0) is 0 Å². The van der Waals surface area contributed by atoms with Crippen molar-refractivity contribution in [1.29, 1.82) is 0 Å². The Hall–Kier alpha value is -1.30. The number of nitrogens with one attached hydrogen (secondary N) is 1. The van der Waals surface area contributed by atoms with Gasteiger partial charge in [-0.15, -0.1) is 0 Å². The second kappa shape index (κ2) is 5.99. The third-order valence-corrected chi connectivity index (χ3v) is 3.56. The van der Waals surface area contributed by atoms with E-state index in [1.807, 2.05) is 0 Å². The molecule has 0 saturated carbocycles. The van der Waals surface area contributed by atoms with Gasteiger partial charge in [-0.1, -0.05) is 39.1 Å². The summed E-state index contributed by atoms with van der Waals surface area (Å²) in [6.07, 6.45) is 0. The first-order valence-corrected chi connectivity index (χ1v) is 6.94. The van der Waals surface area contributed by atoms with E-state index in [-0.39, 0.29) is 27.0 Å². The molecule has 0 atom stereocenters. The molecule has 0 aromatic heterocycles. The lowest BCUT2D eigenvalue weighted by Gasteiger charge is -2.11. The molecule has 7 heteroatoms. The number of nitrogen functional groups attached to an aromatic ring is 1. The molecule has 0 heterocycles. The maximum absolute atomic E-state index is 13.0. The van der Waals surface area contributed by atoms with Crippen molar-refractivity contribution in [2.45, 2.75) is 0 Å². The van der Waals surface area contributed by atoms with Crippen LogP contribution in [0.4, 0.5) is 15.8 Å². The minimum Gasteiger partial charge on any atom is -0.398 e. The lowest BCUT2D eigenvalue weighted by Crippen LogP contribution is -2.14. The number of amides is 1. The van der Waals surface area contributed by atoms with Gasteiger partial charge in [-0.3, -0.25) is 4.79 Å². The molecule has 0 unspecified atom stereocenters. The highest BCUT2D eigenvalue weighted by Gasteiger charge is 2.15. The van der Waals surface area contributed by atoms with Crippen molar-refractivity contribution in [2.75, 3.05) is 11.1 Å². The minimum absolute atomic E-state index is 0.0341. The van der Waals surface area contributed by atoms with E-state index >= 15 is 0 Å². The van der Waals surface area contributed by atoms with Gasteiger partial charge in [0, 0.05) is 10.2 Å². The van der Waals surface area contributed by atoms with Crippen LogP contribution in [0, 0.1) is 5.82 Å². The summed E-state index contributed by atoms with van der Waals surface area (Å²) in [7, 11) is 0. The predicted molar refractivity (Wildman–Crippen MR) is 82.9 cm³/mol. The number of hydrogen-bond donors (Lipinski definition) is 2. The molecule has 3 N–H and O–H groups in total. The van der Waals surface area contributed by atoms with Crippen LogP contribution in [0.3, 0.4) is 0 Å². The van der Waals surface area contributed by atoms with Crippen LogP contribution >= 0.6 is 39.1 Å². The van der Waals surface area contributed by atoms with Crippen LogP contribution in [0.25, 0.3) is 0 Å². The molecule has 2 aromatic rings. The third-order valence-electron chi connectivity index (χ3n) is 2.50. The number of anilines is 2.